The highest BCUT2D eigenvalue weighted by Crippen LogP contribution is 2.40. The number of hydrogen-bond donors (Lipinski definition) is 1. The van der Waals surface area contributed by atoms with Crippen LogP contribution in [-0.2, 0) is 15.6 Å². The Bertz CT molecular complexity index is 387. The van der Waals surface area contributed by atoms with Crippen LogP contribution in [0.15, 0.2) is 30.3 Å². The van der Waals surface area contributed by atoms with Gasteiger partial charge in [0.25, 0.3) is 11.3 Å². The lowest BCUT2D eigenvalue weighted by atomic mass is 10.3. The highest BCUT2D eigenvalue weighted by molar-refractivity contribution is 15.0. The number of benzene rings is 1. The predicted molar refractivity (Wildman–Crippen MR) is 98.4 cm³/mol. The fraction of sp³-hybridized carbons (Fsp3) is 0.250. The number of para-hydroxylation sites is 1. The van der Waals surface area contributed by atoms with Gasteiger partial charge in [-0.2, -0.15) is 8.86 Å². The van der Waals surface area contributed by atoms with Crippen molar-refractivity contribution in [3.05, 3.63) is 30.3 Å². The molecule has 110 valence electrons. The summed E-state index contributed by atoms with van der Waals surface area (Å²) in [5, 5.41) is 0. The van der Waals surface area contributed by atoms with Gasteiger partial charge in [-0.3, -0.25) is 0 Å². The molecule has 0 aromatic heterocycles. The highest BCUT2D eigenvalue weighted by Gasteiger charge is 2.30. The third-order valence-corrected chi connectivity index (χ3v) is 3.24. The van der Waals surface area contributed by atoms with Gasteiger partial charge in [0.15, 0.2) is 0 Å². The fourth-order valence-electron chi connectivity index (χ4n) is 0.853. The Morgan fingerprint density at radius 3 is 2.37 bits per heavy atom. The van der Waals surface area contributed by atoms with Gasteiger partial charge in [0.05, 0.1) is 17.6 Å². The SMILES string of the molecule is CNS(=O)ON(SC(F)(Cl)Cl)c1ccccc1.II. The van der Waals surface area contributed by atoms with E-state index in [4.69, 9.17) is 27.5 Å². The average molecular weight is 573 g/mol. The van der Waals surface area contributed by atoms with Gasteiger partial charge in [-0.1, -0.05) is 41.4 Å². The number of hydrogen-bond acceptors (Lipinski definition) is 4. The van der Waals surface area contributed by atoms with E-state index in [0.717, 1.165) is 4.47 Å². The quantitative estimate of drug-likeness (QED) is 0.232. The maximum atomic E-state index is 13.1. The molecule has 0 aliphatic rings. The van der Waals surface area contributed by atoms with Crippen molar-refractivity contribution in [1.29, 1.82) is 0 Å². The summed E-state index contributed by atoms with van der Waals surface area (Å²) in [6.07, 6.45) is 0. The first kappa shape index (κ1) is 20.4. The van der Waals surface area contributed by atoms with Crippen molar-refractivity contribution in [1.82, 2.24) is 4.72 Å². The third kappa shape index (κ3) is 9.87. The molecule has 0 saturated carbocycles. The molecule has 0 fully saturated rings. The van der Waals surface area contributed by atoms with Gasteiger partial charge in [0, 0.05) is 37.2 Å². The molecule has 1 N–H and O–H groups in total. The van der Waals surface area contributed by atoms with Gasteiger partial charge in [-0.15, -0.1) is 4.28 Å². The highest BCUT2D eigenvalue weighted by atomic mass is 128. The summed E-state index contributed by atoms with van der Waals surface area (Å²) in [5.74, 6) is 0. The van der Waals surface area contributed by atoms with Crippen LogP contribution in [0.4, 0.5) is 10.1 Å². The summed E-state index contributed by atoms with van der Waals surface area (Å²) in [7, 11) is 1.42. The molecule has 1 atom stereocenters. The van der Waals surface area contributed by atoms with Crippen molar-refractivity contribution in [2.45, 2.75) is 3.92 Å². The zero-order valence-corrected chi connectivity index (χ0v) is 16.8. The van der Waals surface area contributed by atoms with Crippen LogP contribution in [0.3, 0.4) is 0 Å². The number of alkyl halides is 3. The maximum absolute atomic E-state index is 13.1. The largest absolute Gasteiger partial charge is 0.325 e. The van der Waals surface area contributed by atoms with Crippen LogP contribution in [0.25, 0.3) is 0 Å². The van der Waals surface area contributed by atoms with Crippen LogP contribution in [0.2, 0.25) is 0 Å². The van der Waals surface area contributed by atoms with E-state index in [0.29, 0.717) is 17.6 Å². The van der Waals surface area contributed by atoms with Crippen molar-refractivity contribution in [3.8, 4) is 0 Å². The number of halogens is 5. The van der Waals surface area contributed by atoms with E-state index in [-0.39, 0.29) is 0 Å². The second-order valence-corrected chi connectivity index (χ2v) is 6.43. The van der Waals surface area contributed by atoms with Crippen LogP contribution in [0.1, 0.15) is 0 Å². The summed E-state index contributed by atoms with van der Waals surface area (Å²) in [5.41, 5.74) is 0.449. The topological polar surface area (TPSA) is 41.6 Å². The Balaban J connectivity index is 0.00000154. The molecule has 0 radical (unpaired) electrons. The van der Waals surface area contributed by atoms with Crippen molar-refractivity contribution in [2.24, 2.45) is 0 Å². The van der Waals surface area contributed by atoms with E-state index in [9.17, 15) is 8.60 Å². The van der Waals surface area contributed by atoms with Crippen molar-refractivity contribution >= 4 is 89.3 Å². The smallest absolute Gasteiger partial charge is 0.216 e. The predicted octanol–water partition coefficient (Wildman–Crippen LogP) is 4.70. The van der Waals surface area contributed by atoms with Gasteiger partial charge in [-0.25, -0.2) is 8.93 Å². The Labute approximate surface area is 151 Å². The first-order valence-electron chi connectivity index (χ1n) is 4.45. The molecule has 0 aliphatic carbocycles. The molecule has 1 aromatic carbocycles. The molecular formula is C8H9Cl2FI2N2O2S2. The molecule has 11 heteroatoms. The number of nitrogens with one attached hydrogen (secondary N) is 1. The minimum absolute atomic E-state index is 0.341. The summed E-state index contributed by atoms with van der Waals surface area (Å²) < 4.78 is 29.9. The van der Waals surface area contributed by atoms with Crippen molar-refractivity contribution in [2.75, 3.05) is 11.5 Å². The van der Waals surface area contributed by atoms with Crippen LogP contribution in [0.5, 0.6) is 0 Å². The van der Waals surface area contributed by atoms with E-state index < -0.39 is 15.2 Å². The molecular weight excluding hydrogens is 564 g/mol. The molecule has 0 amide bonds. The van der Waals surface area contributed by atoms with Crippen LogP contribution in [-0.4, -0.2) is 15.2 Å². The van der Waals surface area contributed by atoms with Crippen LogP contribution < -0.4 is 9.19 Å². The Morgan fingerprint density at radius 2 is 1.95 bits per heavy atom. The molecule has 0 heterocycles. The van der Waals surface area contributed by atoms with E-state index >= 15 is 0 Å². The van der Waals surface area contributed by atoms with E-state index in [1.54, 1.807) is 30.3 Å². The van der Waals surface area contributed by atoms with Gasteiger partial charge >= 0.3 is 3.92 Å². The number of anilines is 1. The second kappa shape index (κ2) is 11.0. The summed E-state index contributed by atoms with van der Waals surface area (Å²) >= 11 is 13.2. The molecule has 19 heavy (non-hydrogen) atoms. The lowest BCUT2D eigenvalue weighted by Gasteiger charge is -2.22. The van der Waals surface area contributed by atoms with Gasteiger partial charge in [-0.05, 0) is 19.2 Å². The Kier molecular flexibility index (Phi) is 11.9. The Hall–Kier alpha value is 1.41. The van der Waals surface area contributed by atoms with E-state index in [1.807, 2.05) is 0 Å². The normalized spacial score (nSPS) is 12.3. The monoisotopic (exact) mass is 572 g/mol. The van der Waals surface area contributed by atoms with E-state index in [1.165, 1.54) is 7.05 Å². The van der Waals surface area contributed by atoms with Gasteiger partial charge in [0.2, 0.25) is 0 Å². The lowest BCUT2D eigenvalue weighted by molar-refractivity contribution is 0.375. The second-order valence-electron chi connectivity index (χ2n) is 2.64. The van der Waals surface area contributed by atoms with Crippen LogP contribution in [0, 0.1) is 0 Å². The molecule has 0 aliphatic heterocycles. The molecule has 1 unspecified atom stereocenters. The maximum Gasteiger partial charge on any atom is 0.325 e. The molecule has 1 rings (SSSR count). The third-order valence-electron chi connectivity index (χ3n) is 1.46. The lowest BCUT2D eigenvalue weighted by Crippen LogP contribution is -2.26. The zero-order valence-electron chi connectivity index (χ0n) is 9.36. The van der Waals surface area contributed by atoms with Crippen molar-refractivity contribution in [3.63, 3.8) is 0 Å². The van der Waals surface area contributed by atoms with Crippen molar-refractivity contribution < 1.29 is 12.9 Å². The van der Waals surface area contributed by atoms with Gasteiger partial charge < -0.3 is 0 Å². The number of rotatable bonds is 6. The van der Waals surface area contributed by atoms with Crippen LogP contribution >= 0.6 is 72.4 Å². The fourth-order valence-corrected chi connectivity index (χ4v) is 2.22. The summed E-state index contributed by atoms with van der Waals surface area (Å²) in [6, 6.07) is 8.43. The molecule has 0 bridgehead atoms. The molecule has 0 spiro atoms. The minimum Gasteiger partial charge on any atom is -0.216 e. The van der Waals surface area contributed by atoms with E-state index in [2.05, 4.69) is 42.0 Å². The first-order chi connectivity index (χ1) is 8.92. The number of nitrogens with zero attached hydrogens (tertiary/aromatic N) is 1. The minimum atomic E-state index is -2.59. The van der Waals surface area contributed by atoms with Gasteiger partial charge in [0.1, 0.15) is 0 Å². The first-order valence-corrected chi connectivity index (χ1v) is 13.3. The summed E-state index contributed by atoms with van der Waals surface area (Å²) in [4.78, 5) is 0. The zero-order chi connectivity index (χ0) is 14.9. The molecule has 4 nitrogen and oxygen atoms in total. The molecule has 1 aromatic rings. The summed E-state index contributed by atoms with van der Waals surface area (Å²) in [6.45, 7) is 0. The Morgan fingerprint density at radius 1 is 1.42 bits per heavy atom. The molecule has 0 saturated heterocycles. The average Bonchev–Trinajstić information content (AvgIpc) is 2.39. The standard InChI is InChI=1S/C8H9Cl2FN2O2S2.I2/c1-12-17(14)15-13(16-8(9,10)11)7-5-3-2-4-6-7;1-2/h2-6,12H,1H3;.